The third kappa shape index (κ3) is 5.24. The van der Waals surface area contributed by atoms with Crippen LogP contribution >= 0.6 is 11.8 Å². The predicted molar refractivity (Wildman–Crippen MR) is 104 cm³/mol. The maximum atomic E-state index is 12.4. The number of urea groups is 1. The summed E-state index contributed by atoms with van der Waals surface area (Å²) < 4.78 is 0. The van der Waals surface area contributed by atoms with Crippen molar-refractivity contribution in [2.45, 2.75) is 82.9 Å². The Balaban J connectivity index is 1.95. The lowest BCUT2D eigenvalue weighted by atomic mass is 9.96. The molecular formula is C20H30N2O2S. The van der Waals surface area contributed by atoms with Gasteiger partial charge < -0.3 is 5.32 Å². The van der Waals surface area contributed by atoms with Crippen LogP contribution in [0.2, 0.25) is 0 Å². The van der Waals surface area contributed by atoms with Crippen LogP contribution in [-0.4, -0.2) is 23.2 Å². The number of imide groups is 1. The highest BCUT2D eigenvalue weighted by Crippen LogP contribution is 2.33. The number of amides is 3. The summed E-state index contributed by atoms with van der Waals surface area (Å²) in [5, 5.41) is 5.11. The largest absolute Gasteiger partial charge is 0.335 e. The second-order valence-electron chi connectivity index (χ2n) is 7.15. The molecule has 25 heavy (non-hydrogen) atoms. The van der Waals surface area contributed by atoms with E-state index in [9.17, 15) is 9.59 Å². The van der Waals surface area contributed by atoms with Crippen molar-refractivity contribution >= 4 is 23.7 Å². The molecule has 0 unspecified atom stereocenters. The van der Waals surface area contributed by atoms with Gasteiger partial charge in [-0.25, -0.2) is 4.79 Å². The second-order valence-corrected chi connectivity index (χ2v) is 8.50. The van der Waals surface area contributed by atoms with Crippen molar-refractivity contribution in [2.75, 3.05) is 0 Å². The van der Waals surface area contributed by atoms with E-state index in [0.29, 0.717) is 0 Å². The van der Waals surface area contributed by atoms with Crippen LogP contribution in [0.5, 0.6) is 0 Å². The maximum absolute atomic E-state index is 12.4. The van der Waals surface area contributed by atoms with Crippen molar-refractivity contribution in [2.24, 2.45) is 0 Å². The van der Waals surface area contributed by atoms with Gasteiger partial charge in [-0.05, 0) is 69.7 Å². The molecule has 0 bridgehead atoms. The summed E-state index contributed by atoms with van der Waals surface area (Å²) in [5.74, 6) is -0.240. The Bertz CT molecular complexity index is 625. The minimum Gasteiger partial charge on any atom is -0.335 e. The number of carbonyl (C=O) groups is 2. The van der Waals surface area contributed by atoms with E-state index >= 15 is 0 Å². The Hall–Kier alpha value is -1.49. The smallest absolute Gasteiger partial charge is 0.321 e. The summed E-state index contributed by atoms with van der Waals surface area (Å²) in [6.45, 7) is 10.2. The van der Waals surface area contributed by atoms with Gasteiger partial charge in [-0.2, -0.15) is 0 Å². The molecule has 0 saturated heterocycles. The van der Waals surface area contributed by atoms with Gasteiger partial charge in [0.25, 0.3) is 0 Å². The minimum atomic E-state index is -0.363. The van der Waals surface area contributed by atoms with Crippen molar-refractivity contribution in [3.63, 3.8) is 0 Å². The van der Waals surface area contributed by atoms with E-state index in [0.717, 1.165) is 30.6 Å². The first-order valence-corrected chi connectivity index (χ1v) is 10.0. The lowest BCUT2D eigenvalue weighted by molar-refractivity contribution is -0.119. The molecule has 0 spiro atoms. The molecule has 5 heteroatoms. The summed E-state index contributed by atoms with van der Waals surface area (Å²) in [5.41, 5.74) is 4.88. The molecule has 0 aliphatic heterocycles. The highest BCUT2D eigenvalue weighted by Gasteiger charge is 2.22. The van der Waals surface area contributed by atoms with E-state index < -0.39 is 0 Å². The minimum absolute atomic E-state index is 0.202. The Morgan fingerprint density at radius 1 is 1.04 bits per heavy atom. The number of benzene rings is 1. The van der Waals surface area contributed by atoms with Crippen LogP contribution < -0.4 is 10.6 Å². The van der Waals surface area contributed by atoms with Crippen molar-refractivity contribution in [1.82, 2.24) is 10.6 Å². The molecule has 0 radical (unpaired) electrons. The Labute approximate surface area is 155 Å². The highest BCUT2D eigenvalue weighted by atomic mass is 32.2. The molecule has 1 aromatic rings. The number of rotatable bonds is 4. The molecule has 2 rings (SSSR count). The molecule has 1 fully saturated rings. The van der Waals surface area contributed by atoms with Crippen LogP contribution in [0, 0.1) is 27.7 Å². The number of carbonyl (C=O) groups excluding carboxylic acids is 2. The fraction of sp³-hybridized carbons (Fsp3) is 0.600. The van der Waals surface area contributed by atoms with Gasteiger partial charge in [0.05, 0.1) is 5.25 Å². The first-order valence-electron chi connectivity index (χ1n) is 9.15. The van der Waals surface area contributed by atoms with Gasteiger partial charge in [0.2, 0.25) is 5.91 Å². The molecule has 138 valence electrons. The average molecular weight is 363 g/mol. The summed E-state index contributed by atoms with van der Waals surface area (Å²) in [6.07, 6.45) is 5.55. The predicted octanol–water partition coefficient (Wildman–Crippen LogP) is 4.56. The zero-order valence-electron chi connectivity index (χ0n) is 16.0. The van der Waals surface area contributed by atoms with Crippen molar-refractivity contribution in [3.8, 4) is 0 Å². The molecule has 1 aliphatic carbocycles. The summed E-state index contributed by atoms with van der Waals surface area (Å²) in [4.78, 5) is 25.6. The fourth-order valence-corrected chi connectivity index (χ4v) is 4.46. The van der Waals surface area contributed by atoms with Gasteiger partial charge in [0, 0.05) is 10.9 Å². The lowest BCUT2D eigenvalue weighted by Crippen LogP contribution is -2.47. The van der Waals surface area contributed by atoms with E-state index in [1.165, 1.54) is 40.4 Å². The van der Waals surface area contributed by atoms with E-state index in [1.807, 2.05) is 6.92 Å². The Kier molecular flexibility index (Phi) is 6.94. The molecule has 1 aromatic carbocycles. The molecule has 3 amide bonds. The van der Waals surface area contributed by atoms with Crippen LogP contribution in [0.4, 0.5) is 4.79 Å². The van der Waals surface area contributed by atoms with Crippen LogP contribution in [-0.2, 0) is 4.79 Å². The summed E-state index contributed by atoms with van der Waals surface area (Å²) in [6, 6.07) is 2.02. The number of thioether (sulfide) groups is 1. The van der Waals surface area contributed by atoms with Gasteiger partial charge >= 0.3 is 6.03 Å². The number of hydrogen-bond donors (Lipinski definition) is 2. The molecule has 4 nitrogen and oxygen atoms in total. The van der Waals surface area contributed by atoms with Gasteiger partial charge in [-0.15, -0.1) is 11.8 Å². The highest BCUT2D eigenvalue weighted by molar-refractivity contribution is 8.00. The standard InChI is InChI=1S/C20H30N2O2S/c1-12-11-13(2)15(4)18(14(12)3)25-16(5)19(23)22-20(24)21-17-9-7-6-8-10-17/h11,16-17H,6-10H2,1-5H3,(H2,21,22,23,24)/t16-/m0/s1. The van der Waals surface area contributed by atoms with Gasteiger partial charge in [-0.1, -0.05) is 25.3 Å². The molecule has 1 atom stereocenters. The van der Waals surface area contributed by atoms with E-state index in [1.54, 1.807) is 0 Å². The molecular weight excluding hydrogens is 332 g/mol. The Morgan fingerprint density at radius 3 is 2.16 bits per heavy atom. The van der Waals surface area contributed by atoms with Gasteiger partial charge in [0.1, 0.15) is 0 Å². The fourth-order valence-electron chi connectivity index (χ4n) is 3.27. The van der Waals surface area contributed by atoms with E-state index in [4.69, 9.17) is 0 Å². The van der Waals surface area contributed by atoms with Crippen LogP contribution in [0.3, 0.4) is 0 Å². The van der Waals surface area contributed by atoms with E-state index in [2.05, 4.69) is 44.4 Å². The monoisotopic (exact) mass is 362 g/mol. The maximum Gasteiger partial charge on any atom is 0.321 e. The molecule has 1 saturated carbocycles. The molecule has 0 heterocycles. The lowest BCUT2D eigenvalue weighted by Gasteiger charge is -2.23. The number of hydrogen-bond acceptors (Lipinski definition) is 3. The third-order valence-electron chi connectivity index (χ3n) is 5.14. The number of aryl methyl sites for hydroxylation is 2. The van der Waals surface area contributed by atoms with Crippen molar-refractivity contribution in [1.29, 1.82) is 0 Å². The van der Waals surface area contributed by atoms with Crippen LogP contribution in [0.25, 0.3) is 0 Å². The topological polar surface area (TPSA) is 58.2 Å². The second kappa shape index (κ2) is 8.75. The third-order valence-corrected chi connectivity index (χ3v) is 6.55. The Morgan fingerprint density at radius 2 is 1.60 bits per heavy atom. The average Bonchev–Trinajstić information content (AvgIpc) is 2.57. The molecule has 2 N–H and O–H groups in total. The number of nitrogens with one attached hydrogen (secondary N) is 2. The normalized spacial score (nSPS) is 16.4. The quantitative estimate of drug-likeness (QED) is 0.772. The zero-order chi connectivity index (χ0) is 18.6. The van der Waals surface area contributed by atoms with Gasteiger partial charge in [-0.3, -0.25) is 10.1 Å². The van der Waals surface area contributed by atoms with Crippen LogP contribution in [0.15, 0.2) is 11.0 Å². The molecule has 0 aromatic heterocycles. The van der Waals surface area contributed by atoms with Crippen molar-refractivity contribution in [3.05, 3.63) is 28.3 Å². The van der Waals surface area contributed by atoms with Crippen LogP contribution in [0.1, 0.15) is 61.3 Å². The first kappa shape index (κ1) is 19.8. The first-order chi connectivity index (χ1) is 11.8. The summed E-state index contributed by atoms with van der Waals surface area (Å²) in [7, 11) is 0. The van der Waals surface area contributed by atoms with Gasteiger partial charge in [0.15, 0.2) is 0 Å². The van der Waals surface area contributed by atoms with E-state index in [-0.39, 0.29) is 23.2 Å². The molecule has 1 aliphatic rings. The summed E-state index contributed by atoms with van der Waals surface area (Å²) >= 11 is 1.53. The zero-order valence-corrected chi connectivity index (χ0v) is 16.8. The SMILES string of the molecule is Cc1cc(C)c(C)c(S[C@@H](C)C(=O)NC(=O)NC2CCCCC2)c1C. The van der Waals surface area contributed by atoms with Crippen molar-refractivity contribution < 1.29 is 9.59 Å².